The van der Waals surface area contributed by atoms with Crippen molar-refractivity contribution in [3.05, 3.63) is 58.0 Å². The number of esters is 2. The van der Waals surface area contributed by atoms with Gasteiger partial charge in [0.25, 0.3) is 11.8 Å². The van der Waals surface area contributed by atoms with Gasteiger partial charge in [0.1, 0.15) is 61.4 Å². The molecular formula is C81H116F2N12O36S. The first kappa shape index (κ1) is 111. The maximum atomic E-state index is 16.2. The van der Waals surface area contributed by atoms with Gasteiger partial charge in [-0.1, -0.05) is 0 Å². The van der Waals surface area contributed by atoms with E-state index in [1.54, 1.807) is 6.92 Å². The Morgan fingerprint density at radius 2 is 0.947 bits per heavy atom. The molecule has 0 aliphatic carbocycles. The van der Waals surface area contributed by atoms with Gasteiger partial charge in [-0.15, -0.1) is 11.3 Å². The summed E-state index contributed by atoms with van der Waals surface area (Å²) in [6, 6.07) is 1.37. The van der Waals surface area contributed by atoms with Gasteiger partial charge in [-0.05, 0) is 44.4 Å². The van der Waals surface area contributed by atoms with Gasteiger partial charge < -0.3 is 157 Å². The number of rotatable bonds is 66. The van der Waals surface area contributed by atoms with Crippen molar-refractivity contribution in [1.29, 1.82) is 0 Å². The largest absolute Gasteiger partial charge is 0.493 e. The Kier molecular flexibility index (Phi) is 49.8. The van der Waals surface area contributed by atoms with E-state index in [4.69, 9.17) is 57.6 Å². The summed E-state index contributed by atoms with van der Waals surface area (Å²) in [7, 11) is 2.61. The lowest BCUT2D eigenvalue weighted by molar-refractivity contribution is -0.150. The minimum Gasteiger partial charge on any atom is -0.493 e. The Bertz CT molecular complexity index is 4400. The van der Waals surface area contributed by atoms with Gasteiger partial charge in [-0.2, -0.15) is 0 Å². The van der Waals surface area contributed by atoms with E-state index >= 15 is 8.78 Å². The van der Waals surface area contributed by atoms with Crippen molar-refractivity contribution in [3.8, 4) is 23.0 Å². The average molecular weight is 1900 g/mol. The van der Waals surface area contributed by atoms with Crippen LogP contribution in [0.4, 0.5) is 8.78 Å². The highest BCUT2D eigenvalue weighted by molar-refractivity contribution is 7.20. The molecule has 51 heteroatoms. The quantitative estimate of drug-likeness (QED) is 0.0108. The van der Waals surface area contributed by atoms with Crippen LogP contribution in [0.1, 0.15) is 98.9 Å². The van der Waals surface area contributed by atoms with Gasteiger partial charge in [0.05, 0.1) is 163 Å². The van der Waals surface area contributed by atoms with Crippen molar-refractivity contribution in [2.75, 3.05) is 159 Å². The smallest absolute Gasteiger partial charge is 0.306 e. The number of ether oxygens (including phenoxy) is 10. The summed E-state index contributed by atoms with van der Waals surface area (Å²) in [5.41, 5.74) is 0.547. The fraction of sp³-hybridized carbons (Fsp3) is 0.605. The van der Waals surface area contributed by atoms with E-state index in [1.165, 1.54) is 44.2 Å². The molecule has 2 aliphatic rings. The highest BCUT2D eigenvalue weighted by Crippen LogP contribution is 2.42. The van der Waals surface area contributed by atoms with Crippen molar-refractivity contribution in [3.63, 3.8) is 0 Å². The van der Waals surface area contributed by atoms with Crippen LogP contribution in [0.2, 0.25) is 0 Å². The number of imide groups is 1. The molecule has 2 aromatic carbocycles. The van der Waals surface area contributed by atoms with Crippen LogP contribution in [-0.4, -0.2) is 381 Å². The molecule has 0 unspecified atom stereocenters. The molecule has 1 aromatic heterocycles. The van der Waals surface area contributed by atoms with Gasteiger partial charge in [0.15, 0.2) is 40.4 Å². The van der Waals surface area contributed by atoms with Crippen LogP contribution in [0.3, 0.4) is 0 Å². The SMILES string of the molecule is CCOC(=O)CCC(=O)c1cc2c(F)c(OCCCOc3c(OC)cc4c(c3F)CN(C(=O)CCC(=O)O[C@@H](C)CNC(=O)CC[C@H](NC(=O)CN3C(=O)C=CC3=O)C(=O)NCC(=O)NCC(=O)NCC(=O)NCC(=O)NCCOCCOCCOCCOCCC(=O)N[C@@H](CCC(=O)NC[C@H](O)[C@@H](O)[C@H](O)[C@H](O)CO)C(=O)NC[C@H](O)[C@@H](O)[C@H](O)[C@H](O)CO)C4)c(OC)cc2s1. The molecular weight excluding hydrogens is 1790 g/mol. The monoisotopic (exact) mass is 1900 g/mol. The van der Waals surface area contributed by atoms with Gasteiger partial charge >= 0.3 is 11.9 Å². The number of carbonyl (C=O) groups excluding carboxylic acids is 16. The summed E-state index contributed by atoms with van der Waals surface area (Å²) in [5, 5.41) is 121. The fourth-order valence-electron chi connectivity index (χ4n) is 12.1. The van der Waals surface area contributed by atoms with Gasteiger partial charge in [-0.25, -0.2) is 8.78 Å². The summed E-state index contributed by atoms with van der Waals surface area (Å²) >= 11 is 1.03. The van der Waals surface area contributed by atoms with E-state index in [1.807, 2.05) is 0 Å². The number of carbonyl (C=O) groups is 16. The molecule has 132 heavy (non-hydrogen) atoms. The third-order valence-corrected chi connectivity index (χ3v) is 20.5. The van der Waals surface area contributed by atoms with Crippen LogP contribution in [0.25, 0.3) is 10.1 Å². The van der Waals surface area contributed by atoms with Crippen molar-refractivity contribution in [2.24, 2.45) is 0 Å². The van der Waals surface area contributed by atoms with Crippen LogP contribution in [0, 0.1) is 11.6 Å². The lowest BCUT2D eigenvalue weighted by atomic mass is 10.0. The van der Waals surface area contributed by atoms with Crippen LogP contribution in [0.5, 0.6) is 23.0 Å². The molecule has 3 aromatic rings. The molecule has 13 amide bonds. The molecule has 5 rings (SSSR count). The van der Waals surface area contributed by atoms with E-state index in [-0.39, 0.29) is 176 Å². The Morgan fingerprint density at radius 1 is 0.477 bits per heavy atom. The van der Waals surface area contributed by atoms with Crippen molar-refractivity contribution >= 4 is 116 Å². The molecule has 20 N–H and O–H groups in total. The standard InChI is InChI=1S/C81H116F2N12O36S/c1-5-128-70(114)15-9-50(98)58-30-46-57(132-58)31-56(123-4)79(72(46)82)130-20-6-19-129-78-55(122-3)29-45-39-94(40-47(45)73(78)83)67(111)14-16-71(115)131-44(2)32-85-59(103)10-8-49(93-66(110)41-95-68(112)12-13-69(95)113)81(121)91-38-65(109)89-37-64(108)88-36-63(107)87-35-62(106)84-18-22-125-24-26-127-28-27-126-25-23-124-21-17-61(105)92-48(80(120)90-34-52(100)75(117)77(119)54(102)43-97)7-11-60(104)86-33-51(99)74(116)76(118)53(101)42-96/h12-13,29-31,44,48-49,51-54,74-77,96-97,99-102,116-119H,5-11,14-28,32-43H2,1-4H3,(H,84,106)(H,85,103)(H,86,104)(H,87,107)(H,88,108)(H,89,109)(H,90,120)(H,91,121)(H,92,105)(H,93,110)/t44-,48-,49-,51-,52-,53+,54+,74+,75+,76+,77+/m0/s1. The third-order valence-electron chi connectivity index (χ3n) is 19.3. The summed E-state index contributed by atoms with van der Waals surface area (Å²) in [6.45, 7) is -3.73. The van der Waals surface area contributed by atoms with E-state index in [0.717, 1.165) is 23.5 Å². The zero-order chi connectivity index (χ0) is 97.5. The second-order valence-corrected chi connectivity index (χ2v) is 30.5. The summed E-state index contributed by atoms with van der Waals surface area (Å²) < 4.78 is 86.7. The molecule has 2 aliphatic heterocycles. The van der Waals surface area contributed by atoms with Crippen molar-refractivity contribution in [1.82, 2.24) is 63.0 Å². The van der Waals surface area contributed by atoms with E-state index in [2.05, 4.69) is 53.2 Å². The predicted octanol–water partition coefficient (Wildman–Crippen LogP) is -8.16. The molecule has 0 fully saturated rings. The number of fused-ring (bicyclic) bond motifs is 2. The Labute approximate surface area is 758 Å². The Balaban J connectivity index is 0.912. The highest BCUT2D eigenvalue weighted by atomic mass is 32.1. The number of Topliss-reactive ketones (excluding diaryl/α,β-unsaturated/α-hetero) is 1. The maximum Gasteiger partial charge on any atom is 0.306 e. The molecule has 0 spiro atoms. The molecule has 0 saturated heterocycles. The number of aliphatic hydroxyl groups is 10. The van der Waals surface area contributed by atoms with Crippen LogP contribution in [0.15, 0.2) is 30.4 Å². The fourth-order valence-corrected chi connectivity index (χ4v) is 13.1. The molecule has 3 heterocycles. The van der Waals surface area contributed by atoms with E-state index < -0.39 is 259 Å². The predicted molar refractivity (Wildman–Crippen MR) is 449 cm³/mol. The Hall–Kier alpha value is -11.4. The zero-order valence-electron chi connectivity index (χ0n) is 72.9. The molecule has 0 radical (unpaired) electrons. The minimum absolute atomic E-state index is 0.0184. The number of hydrogen-bond acceptors (Lipinski definition) is 37. The van der Waals surface area contributed by atoms with Gasteiger partial charge in [-0.3, -0.25) is 81.6 Å². The van der Waals surface area contributed by atoms with Crippen LogP contribution >= 0.6 is 11.3 Å². The highest BCUT2D eigenvalue weighted by Gasteiger charge is 2.36. The number of halogens is 2. The van der Waals surface area contributed by atoms with E-state index in [9.17, 15) is 118 Å². The number of hydrogen-bond donors (Lipinski definition) is 20. The minimum atomic E-state index is -2.04. The number of aliphatic hydroxyl groups excluding tert-OH is 10. The Morgan fingerprint density at radius 3 is 1.48 bits per heavy atom. The lowest BCUT2D eigenvalue weighted by Gasteiger charge is -2.26. The number of nitrogens with one attached hydrogen (secondary N) is 10. The van der Waals surface area contributed by atoms with Gasteiger partial charge in [0.2, 0.25) is 65.0 Å². The molecule has 0 saturated carbocycles. The molecule has 48 nitrogen and oxygen atoms in total. The van der Waals surface area contributed by atoms with Crippen molar-refractivity contribution in [2.45, 2.75) is 158 Å². The number of nitrogens with zero attached hydrogens (tertiary/aromatic N) is 2. The number of ketones is 1. The summed E-state index contributed by atoms with van der Waals surface area (Å²) in [6.07, 6.45) is -17.5. The van der Waals surface area contributed by atoms with Gasteiger partial charge in [0, 0.05) is 105 Å². The molecule has 736 valence electrons. The third kappa shape index (κ3) is 38.8. The first-order valence-electron chi connectivity index (χ1n) is 41.8. The second-order valence-electron chi connectivity index (χ2n) is 29.4. The normalized spacial score (nSPS) is 14.7. The second kappa shape index (κ2) is 59.1. The topological polar surface area (TPSA) is 694 Å². The maximum absolute atomic E-state index is 16.2. The number of benzene rings is 2. The van der Waals surface area contributed by atoms with Crippen LogP contribution < -0.4 is 72.1 Å². The summed E-state index contributed by atoms with van der Waals surface area (Å²) in [5.74, 6) is -14.4. The van der Waals surface area contributed by atoms with E-state index in [0.29, 0.717) is 15.2 Å². The molecule has 0 bridgehead atoms. The number of methoxy groups -OCH3 is 2. The van der Waals surface area contributed by atoms with Crippen LogP contribution in [-0.2, 0) is 113 Å². The molecule has 11 atom stereocenters. The first-order chi connectivity index (χ1) is 62.9. The average Bonchev–Trinajstić information content (AvgIpc) is 1.62. The first-order valence-corrected chi connectivity index (χ1v) is 42.6. The number of thiophene rings is 1. The zero-order valence-corrected chi connectivity index (χ0v) is 73.7. The number of amides is 13. The van der Waals surface area contributed by atoms with Crippen molar-refractivity contribution < 1.29 is 184 Å². The summed E-state index contributed by atoms with van der Waals surface area (Å²) in [4.78, 5) is 205. The lowest BCUT2D eigenvalue weighted by Crippen LogP contribution is -2.53.